The first-order valence-electron chi connectivity index (χ1n) is 9.60. The Labute approximate surface area is 183 Å². The van der Waals surface area contributed by atoms with E-state index < -0.39 is 15.9 Å². The Hall–Kier alpha value is -2.32. The third-order valence-electron chi connectivity index (χ3n) is 5.49. The van der Waals surface area contributed by atoms with Crippen LogP contribution in [-0.4, -0.2) is 43.9 Å². The fourth-order valence-corrected chi connectivity index (χ4v) is 5.96. The summed E-state index contributed by atoms with van der Waals surface area (Å²) in [5, 5.41) is 0.863. The average molecular weight is 492 g/mol. The molecule has 30 heavy (non-hydrogen) atoms. The van der Waals surface area contributed by atoms with E-state index in [4.69, 9.17) is 9.15 Å². The van der Waals surface area contributed by atoms with Gasteiger partial charge in [-0.15, -0.1) is 0 Å². The number of fused-ring (bicyclic) bond motifs is 1. The molecule has 1 aliphatic heterocycles. The number of carbonyl (C=O) groups excluding carboxylic acids is 1. The van der Waals surface area contributed by atoms with Gasteiger partial charge in [-0.05, 0) is 49.2 Å². The maximum Gasteiger partial charge on any atom is 0.290 e. The van der Waals surface area contributed by atoms with E-state index in [1.54, 1.807) is 12.0 Å². The highest BCUT2D eigenvalue weighted by atomic mass is 79.9. The highest BCUT2D eigenvalue weighted by Crippen LogP contribution is 2.31. The summed E-state index contributed by atoms with van der Waals surface area (Å²) in [6, 6.07) is 12.7. The van der Waals surface area contributed by atoms with Crippen LogP contribution in [0.5, 0.6) is 5.75 Å². The molecule has 0 spiro atoms. The molecular formula is C22H22BrNO5S. The van der Waals surface area contributed by atoms with Gasteiger partial charge in [0, 0.05) is 28.0 Å². The quantitative estimate of drug-likeness (QED) is 0.530. The van der Waals surface area contributed by atoms with Crippen molar-refractivity contribution in [2.45, 2.75) is 25.9 Å². The number of furan rings is 1. The SMILES string of the molecule is COc1cccc(CN(C(=O)c2oc3cc(Br)ccc3c2C)C2CCS(=O)(=O)C2)c1. The van der Waals surface area contributed by atoms with Crippen molar-refractivity contribution in [1.29, 1.82) is 0 Å². The van der Waals surface area contributed by atoms with Crippen LogP contribution >= 0.6 is 15.9 Å². The Morgan fingerprint density at radius 1 is 1.27 bits per heavy atom. The summed E-state index contributed by atoms with van der Waals surface area (Å²) < 4.78 is 36.3. The standard InChI is InChI=1S/C22H22BrNO5S/c1-14-19-7-6-16(23)11-20(19)29-21(14)22(25)24(17-8-9-30(26,27)13-17)12-15-4-3-5-18(10-15)28-2/h3-7,10-11,17H,8-9,12-13H2,1-2H3. The largest absolute Gasteiger partial charge is 0.497 e. The molecule has 8 heteroatoms. The monoisotopic (exact) mass is 491 g/mol. The first-order valence-corrected chi connectivity index (χ1v) is 12.2. The predicted octanol–water partition coefficient (Wildman–Crippen LogP) is 4.34. The third-order valence-corrected chi connectivity index (χ3v) is 7.74. The highest BCUT2D eigenvalue weighted by Gasteiger charge is 2.36. The molecule has 0 N–H and O–H groups in total. The highest BCUT2D eigenvalue weighted by molar-refractivity contribution is 9.10. The van der Waals surface area contributed by atoms with Crippen molar-refractivity contribution >= 4 is 42.6 Å². The molecule has 1 fully saturated rings. The molecule has 1 atom stereocenters. The second kappa shape index (κ2) is 8.07. The van der Waals surface area contributed by atoms with Crippen molar-refractivity contribution in [2.24, 2.45) is 0 Å². The minimum Gasteiger partial charge on any atom is -0.497 e. The molecule has 1 saturated heterocycles. The Morgan fingerprint density at radius 2 is 2.07 bits per heavy atom. The Morgan fingerprint density at radius 3 is 2.77 bits per heavy atom. The van der Waals surface area contributed by atoms with Gasteiger partial charge < -0.3 is 14.1 Å². The Bertz CT molecular complexity index is 1220. The topological polar surface area (TPSA) is 76.8 Å². The fourth-order valence-electron chi connectivity index (χ4n) is 3.89. The summed E-state index contributed by atoms with van der Waals surface area (Å²) in [6.07, 6.45) is 0.420. The fraction of sp³-hybridized carbons (Fsp3) is 0.318. The summed E-state index contributed by atoms with van der Waals surface area (Å²) in [4.78, 5) is 15.2. The number of benzene rings is 2. The van der Waals surface area contributed by atoms with Gasteiger partial charge in [-0.1, -0.05) is 28.1 Å². The van der Waals surface area contributed by atoms with E-state index in [-0.39, 0.29) is 29.7 Å². The van der Waals surface area contributed by atoms with Crippen LogP contribution in [0.25, 0.3) is 11.0 Å². The van der Waals surface area contributed by atoms with Crippen LogP contribution in [-0.2, 0) is 16.4 Å². The molecule has 1 aromatic heterocycles. The minimum atomic E-state index is -3.16. The van der Waals surface area contributed by atoms with Crippen LogP contribution in [0.2, 0.25) is 0 Å². The van der Waals surface area contributed by atoms with Crippen molar-refractivity contribution in [2.75, 3.05) is 18.6 Å². The van der Waals surface area contributed by atoms with Crippen molar-refractivity contribution in [3.63, 3.8) is 0 Å². The number of rotatable bonds is 5. The normalized spacial score (nSPS) is 17.9. The molecule has 1 amide bonds. The number of methoxy groups -OCH3 is 1. The Kier molecular flexibility index (Phi) is 5.63. The zero-order valence-corrected chi connectivity index (χ0v) is 19.1. The van der Waals surface area contributed by atoms with Crippen molar-refractivity contribution in [1.82, 2.24) is 4.90 Å². The smallest absolute Gasteiger partial charge is 0.290 e. The first kappa shape index (κ1) is 20.9. The number of carbonyl (C=O) groups is 1. The zero-order chi connectivity index (χ0) is 21.5. The lowest BCUT2D eigenvalue weighted by Gasteiger charge is -2.28. The number of ether oxygens (including phenoxy) is 1. The predicted molar refractivity (Wildman–Crippen MR) is 119 cm³/mol. The summed E-state index contributed by atoms with van der Waals surface area (Å²) in [6.45, 7) is 2.12. The van der Waals surface area contributed by atoms with Crippen LogP contribution in [0.3, 0.4) is 0 Å². The van der Waals surface area contributed by atoms with E-state index in [1.165, 1.54) is 0 Å². The number of aryl methyl sites for hydroxylation is 1. The number of hydrogen-bond donors (Lipinski definition) is 0. The van der Waals surface area contributed by atoms with Gasteiger partial charge in [0.2, 0.25) is 0 Å². The van der Waals surface area contributed by atoms with Crippen LogP contribution in [0, 0.1) is 6.92 Å². The number of amides is 1. The maximum atomic E-state index is 13.6. The lowest BCUT2D eigenvalue weighted by atomic mass is 10.1. The van der Waals surface area contributed by atoms with Crippen LogP contribution in [0.4, 0.5) is 0 Å². The number of sulfone groups is 1. The molecule has 2 heterocycles. The van der Waals surface area contributed by atoms with E-state index in [0.29, 0.717) is 17.8 Å². The van der Waals surface area contributed by atoms with E-state index in [0.717, 1.165) is 21.0 Å². The maximum absolute atomic E-state index is 13.6. The lowest BCUT2D eigenvalue weighted by Crippen LogP contribution is -2.40. The molecule has 0 bridgehead atoms. The molecule has 4 rings (SSSR count). The summed E-state index contributed by atoms with van der Waals surface area (Å²) in [7, 11) is -1.57. The molecule has 158 valence electrons. The van der Waals surface area contributed by atoms with Gasteiger partial charge in [-0.2, -0.15) is 0 Å². The van der Waals surface area contributed by atoms with E-state index >= 15 is 0 Å². The number of hydrogen-bond acceptors (Lipinski definition) is 5. The van der Waals surface area contributed by atoms with Gasteiger partial charge in [0.15, 0.2) is 15.6 Å². The molecule has 3 aromatic rings. The van der Waals surface area contributed by atoms with E-state index in [2.05, 4.69) is 15.9 Å². The summed E-state index contributed by atoms with van der Waals surface area (Å²) in [5.41, 5.74) is 2.23. The van der Waals surface area contributed by atoms with Gasteiger partial charge >= 0.3 is 0 Å². The van der Waals surface area contributed by atoms with Gasteiger partial charge in [0.05, 0.1) is 18.6 Å². The molecule has 0 radical (unpaired) electrons. The molecule has 2 aromatic carbocycles. The third kappa shape index (κ3) is 4.11. The molecule has 6 nitrogen and oxygen atoms in total. The first-order chi connectivity index (χ1) is 14.3. The minimum absolute atomic E-state index is 0.0342. The van der Waals surface area contributed by atoms with Crippen LogP contribution in [0.1, 0.15) is 28.1 Å². The number of halogens is 1. The van der Waals surface area contributed by atoms with Crippen molar-refractivity contribution < 1.29 is 22.4 Å². The van der Waals surface area contributed by atoms with Gasteiger partial charge in [-0.3, -0.25) is 4.79 Å². The van der Waals surface area contributed by atoms with Gasteiger partial charge in [-0.25, -0.2) is 8.42 Å². The summed E-state index contributed by atoms with van der Waals surface area (Å²) >= 11 is 3.42. The molecule has 0 aliphatic carbocycles. The van der Waals surface area contributed by atoms with Crippen LogP contribution in [0.15, 0.2) is 51.4 Å². The van der Waals surface area contributed by atoms with E-state index in [9.17, 15) is 13.2 Å². The van der Waals surface area contributed by atoms with E-state index in [1.807, 2.05) is 49.4 Å². The average Bonchev–Trinajstić information content (AvgIpc) is 3.24. The van der Waals surface area contributed by atoms with Gasteiger partial charge in [0.25, 0.3) is 5.91 Å². The molecule has 1 unspecified atom stereocenters. The molecular weight excluding hydrogens is 470 g/mol. The molecule has 0 saturated carbocycles. The van der Waals surface area contributed by atoms with Crippen molar-refractivity contribution in [3.05, 3.63) is 63.8 Å². The van der Waals surface area contributed by atoms with Crippen LogP contribution < -0.4 is 4.74 Å². The van der Waals surface area contributed by atoms with Crippen molar-refractivity contribution in [3.8, 4) is 5.75 Å². The second-order valence-corrected chi connectivity index (χ2v) is 10.7. The Balaban J connectivity index is 1.73. The number of nitrogens with zero attached hydrogens (tertiary/aromatic N) is 1. The molecule has 1 aliphatic rings. The zero-order valence-electron chi connectivity index (χ0n) is 16.7. The van der Waals surface area contributed by atoms with Gasteiger partial charge in [0.1, 0.15) is 11.3 Å². The lowest BCUT2D eigenvalue weighted by molar-refractivity contribution is 0.0649. The second-order valence-electron chi connectivity index (χ2n) is 7.54. The summed E-state index contributed by atoms with van der Waals surface area (Å²) in [5.74, 6) is 0.683.